The molecule has 5 heteroatoms. The number of nitrogens with zero attached hydrogens (tertiary/aromatic N) is 1. The first-order chi connectivity index (χ1) is 15.5. The van der Waals surface area contributed by atoms with Gasteiger partial charge in [0.1, 0.15) is 23.9 Å². The van der Waals surface area contributed by atoms with Crippen molar-refractivity contribution in [2.45, 2.75) is 26.2 Å². The molecule has 32 heavy (non-hydrogen) atoms. The van der Waals surface area contributed by atoms with Gasteiger partial charge in [0.15, 0.2) is 5.78 Å². The highest BCUT2D eigenvalue weighted by Crippen LogP contribution is 2.35. The molecule has 1 aliphatic rings. The van der Waals surface area contributed by atoms with E-state index < -0.39 is 0 Å². The first-order valence-corrected chi connectivity index (χ1v) is 11.1. The Morgan fingerprint density at radius 3 is 2.28 bits per heavy atom. The number of benzene rings is 3. The van der Waals surface area contributed by atoms with Crippen molar-refractivity contribution in [1.29, 1.82) is 0 Å². The van der Waals surface area contributed by atoms with E-state index in [2.05, 4.69) is 4.90 Å². The number of carbonyl (C=O) groups excluding carboxylic acids is 1. The zero-order chi connectivity index (χ0) is 22.5. The van der Waals surface area contributed by atoms with Gasteiger partial charge in [0.2, 0.25) is 0 Å². The second-order valence-electron chi connectivity index (χ2n) is 8.28. The number of phenols is 2. The molecule has 0 atom stereocenters. The number of likely N-dealkylation sites (tertiary alicyclic amines) is 1. The Kier molecular flexibility index (Phi) is 6.76. The maximum atomic E-state index is 13.3. The molecule has 0 unspecified atom stereocenters. The molecule has 1 saturated heterocycles. The molecule has 1 aliphatic heterocycles. The molecule has 5 nitrogen and oxygen atoms in total. The Morgan fingerprint density at radius 2 is 1.59 bits per heavy atom. The molecule has 0 spiro atoms. The minimum Gasteiger partial charge on any atom is -0.508 e. The van der Waals surface area contributed by atoms with Crippen molar-refractivity contribution in [2.75, 3.05) is 26.2 Å². The van der Waals surface area contributed by atoms with E-state index in [-0.39, 0.29) is 17.3 Å². The molecule has 2 N–H and O–H groups in total. The van der Waals surface area contributed by atoms with Crippen LogP contribution in [0.2, 0.25) is 0 Å². The minimum atomic E-state index is -0.129. The van der Waals surface area contributed by atoms with Crippen LogP contribution in [-0.2, 0) is 0 Å². The number of piperidine rings is 1. The largest absolute Gasteiger partial charge is 0.508 e. The predicted molar refractivity (Wildman–Crippen MR) is 126 cm³/mol. The smallest absolute Gasteiger partial charge is 0.193 e. The first-order valence-electron chi connectivity index (χ1n) is 11.1. The van der Waals surface area contributed by atoms with Crippen LogP contribution < -0.4 is 4.74 Å². The highest BCUT2D eigenvalue weighted by molar-refractivity contribution is 6.13. The van der Waals surface area contributed by atoms with Crippen LogP contribution in [0.1, 0.15) is 40.7 Å². The van der Waals surface area contributed by atoms with Gasteiger partial charge in [-0.3, -0.25) is 9.69 Å². The van der Waals surface area contributed by atoms with E-state index >= 15 is 0 Å². The number of ketones is 1. The molecule has 0 amide bonds. The fraction of sp³-hybridized carbons (Fsp3) is 0.296. The zero-order valence-corrected chi connectivity index (χ0v) is 18.4. The molecule has 0 saturated carbocycles. The van der Waals surface area contributed by atoms with Crippen LogP contribution in [-0.4, -0.2) is 47.1 Å². The van der Waals surface area contributed by atoms with Gasteiger partial charge in [-0.25, -0.2) is 0 Å². The summed E-state index contributed by atoms with van der Waals surface area (Å²) in [4.78, 5) is 15.8. The molecular weight excluding hydrogens is 402 g/mol. The summed E-state index contributed by atoms with van der Waals surface area (Å²) in [6, 6.07) is 17.0. The summed E-state index contributed by atoms with van der Waals surface area (Å²) < 4.78 is 5.88. The lowest BCUT2D eigenvalue weighted by Crippen LogP contribution is -2.33. The van der Waals surface area contributed by atoms with Gasteiger partial charge >= 0.3 is 0 Å². The second-order valence-corrected chi connectivity index (χ2v) is 8.28. The van der Waals surface area contributed by atoms with Crippen molar-refractivity contribution in [3.8, 4) is 28.4 Å². The lowest BCUT2D eigenvalue weighted by Gasteiger charge is -2.26. The fourth-order valence-electron chi connectivity index (χ4n) is 4.22. The van der Waals surface area contributed by atoms with Crippen molar-refractivity contribution in [3.63, 3.8) is 0 Å². The average molecular weight is 432 g/mol. The molecule has 1 heterocycles. The quantitative estimate of drug-likeness (QED) is 0.505. The topological polar surface area (TPSA) is 70.0 Å². The van der Waals surface area contributed by atoms with Crippen LogP contribution in [0.5, 0.6) is 17.2 Å². The number of ether oxygens (including phenoxy) is 1. The van der Waals surface area contributed by atoms with E-state index in [1.807, 2.05) is 12.1 Å². The number of hydrogen-bond acceptors (Lipinski definition) is 5. The van der Waals surface area contributed by atoms with Crippen molar-refractivity contribution in [3.05, 3.63) is 77.4 Å². The van der Waals surface area contributed by atoms with Crippen LogP contribution in [0, 0.1) is 6.92 Å². The summed E-state index contributed by atoms with van der Waals surface area (Å²) in [5.74, 6) is 0.896. The summed E-state index contributed by atoms with van der Waals surface area (Å²) in [5, 5.41) is 19.8. The van der Waals surface area contributed by atoms with Crippen molar-refractivity contribution >= 4 is 5.78 Å². The maximum absolute atomic E-state index is 13.3. The molecule has 0 aromatic heterocycles. The van der Waals surface area contributed by atoms with E-state index in [0.29, 0.717) is 28.9 Å². The van der Waals surface area contributed by atoms with Gasteiger partial charge < -0.3 is 14.9 Å². The highest BCUT2D eigenvalue weighted by Gasteiger charge is 2.19. The van der Waals surface area contributed by atoms with Gasteiger partial charge in [-0.05, 0) is 98.1 Å². The number of carbonyl (C=O) groups is 1. The Bertz CT molecular complexity index is 1070. The second kappa shape index (κ2) is 9.88. The van der Waals surface area contributed by atoms with Crippen molar-refractivity contribution in [1.82, 2.24) is 4.90 Å². The molecule has 0 aliphatic carbocycles. The van der Waals surface area contributed by atoms with Crippen LogP contribution in [0.25, 0.3) is 11.1 Å². The predicted octanol–water partition coefficient (Wildman–Crippen LogP) is 5.17. The normalized spacial score (nSPS) is 14.3. The number of phenolic OH excluding ortho intramolecular Hbond substituents is 2. The van der Waals surface area contributed by atoms with Crippen molar-refractivity contribution in [2.24, 2.45) is 0 Å². The van der Waals surface area contributed by atoms with Gasteiger partial charge in [0.25, 0.3) is 0 Å². The van der Waals surface area contributed by atoms with E-state index in [4.69, 9.17) is 4.74 Å². The Hall–Kier alpha value is -3.31. The summed E-state index contributed by atoms with van der Waals surface area (Å²) >= 11 is 0. The zero-order valence-electron chi connectivity index (χ0n) is 18.4. The average Bonchev–Trinajstić information content (AvgIpc) is 2.82. The standard InChI is InChI=1S/C27H29NO4/c1-19-25(30)14-13-24(26(19)20-5-9-22(29)10-6-20)27(31)21-7-11-23(12-8-21)32-18-17-28-15-3-2-4-16-28/h5-14,29-30H,2-4,15-18H2,1H3. The third-order valence-corrected chi connectivity index (χ3v) is 6.08. The maximum Gasteiger partial charge on any atom is 0.193 e. The Labute approximate surface area is 188 Å². The summed E-state index contributed by atoms with van der Waals surface area (Å²) in [6.45, 7) is 5.63. The fourth-order valence-corrected chi connectivity index (χ4v) is 4.22. The lowest BCUT2D eigenvalue weighted by molar-refractivity contribution is 0.103. The van der Waals surface area contributed by atoms with Gasteiger partial charge in [0, 0.05) is 17.7 Å². The summed E-state index contributed by atoms with van der Waals surface area (Å²) in [6.07, 6.45) is 3.85. The first kappa shape index (κ1) is 21.9. The van der Waals surface area contributed by atoms with E-state index in [9.17, 15) is 15.0 Å². The molecular formula is C27H29NO4. The molecule has 3 aromatic rings. The van der Waals surface area contributed by atoms with E-state index in [1.165, 1.54) is 19.3 Å². The van der Waals surface area contributed by atoms with Crippen molar-refractivity contribution < 1.29 is 19.7 Å². The Balaban J connectivity index is 1.50. The summed E-state index contributed by atoms with van der Waals surface area (Å²) in [7, 11) is 0. The van der Waals surface area contributed by atoms with E-state index in [0.717, 1.165) is 30.9 Å². The molecule has 0 bridgehead atoms. The number of hydrogen-bond donors (Lipinski definition) is 2. The number of rotatable bonds is 7. The monoisotopic (exact) mass is 431 g/mol. The third-order valence-electron chi connectivity index (χ3n) is 6.08. The molecule has 4 rings (SSSR count). The minimum absolute atomic E-state index is 0.127. The Morgan fingerprint density at radius 1 is 0.906 bits per heavy atom. The molecule has 166 valence electrons. The SMILES string of the molecule is Cc1c(O)ccc(C(=O)c2ccc(OCCN3CCCCC3)cc2)c1-c1ccc(O)cc1. The lowest BCUT2D eigenvalue weighted by atomic mass is 9.90. The van der Waals surface area contributed by atoms with Crippen LogP contribution in [0.4, 0.5) is 0 Å². The van der Waals surface area contributed by atoms with Gasteiger partial charge in [-0.1, -0.05) is 18.6 Å². The van der Waals surface area contributed by atoms with Crippen LogP contribution in [0.3, 0.4) is 0 Å². The van der Waals surface area contributed by atoms with Crippen LogP contribution >= 0.6 is 0 Å². The van der Waals surface area contributed by atoms with Gasteiger partial charge in [-0.15, -0.1) is 0 Å². The van der Waals surface area contributed by atoms with Crippen LogP contribution in [0.15, 0.2) is 60.7 Å². The third kappa shape index (κ3) is 4.94. The number of aromatic hydroxyl groups is 2. The molecule has 0 radical (unpaired) electrons. The molecule has 1 fully saturated rings. The van der Waals surface area contributed by atoms with Gasteiger partial charge in [-0.2, -0.15) is 0 Å². The highest BCUT2D eigenvalue weighted by atomic mass is 16.5. The summed E-state index contributed by atoms with van der Waals surface area (Å²) in [5.41, 5.74) is 3.11. The van der Waals surface area contributed by atoms with E-state index in [1.54, 1.807) is 55.5 Å². The van der Waals surface area contributed by atoms with Gasteiger partial charge in [0.05, 0.1) is 0 Å². The molecule has 3 aromatic carbocycles.